The molecule has 0 fully saturated rings. The standard InChI is InChI=1S/C21H17N7S/c1-2-22-19-15-10-6-7-11-16(15)26-21(27-19)29-18-12-17(14-8-4-3-5-9-14)25-20-23-13-24-28(18)20/h3-13H,2H2,1H3,(H,22,26,27). The van der Waals surface area contributed by atoms with Gasteiger partial charge in [-0.3, -0.25) is 0 Å². The molecule has 3 aromatic heterocycles. The Bertz CT molecular complexity index is 1300. The second-order valence-corrected chi connectivity index (χ2v) is 7.31. The van der Waals surface area contributed by atoms with Gasteiger partial charge in [0.2, 0.25) is 0 Å². The van der Waals surface area contributed by atoms with E-state index in [0.717, 1.165) is 39.5 Å². The van der Waals surface area contributed by atoms with Crippen LogP contribution in [0.4, 0.5) is 5.82 Å². The lowest BCUT2D eigenvalue weighted by Gasteiger charge is -2.10. The molecule has 0 spiro atoms. The van der Waals surface area contributed by atoms with Gasteiger partial charge in [0, 0.05) is 17.5 Å². The smallest absolute Gasteiger partial charge is 0.253 e. The Morgan fingerprint density at radius 3 is 2.66 bits per heavy atom. The molecule has 0 bridgehead atoms. The summed E-state index contributed by atoms with van der Waals surface area (Å²) in [5, 5.41) is 10.2. The second-order valence-electron chi connectivity index (χ2n) is 6.32. The van der Waals surface area contributed by atoms with E-state index in [-0.39, 0.29) is 0 Å². The zero-order valence-electron chi connectivity index (χ0n) is 15.6. The molecule has 0 aliphatic carbocycles. The fraction of sp³-hybridized carbons (Fsp3) is 0.0952. The number of hydrogen-bond donors (Lipinski definition) is 1. The third-order valence-electron chi connectivity index (χ3n) is 4.41. The van der Waals surface area contributed by atoms with Crippen molar-refractivity contribution in [2.24, 2.45) is 0 Å². The van der Waals surface area contributed by atoms with Crippen LogP contribution in [0.2, 0.25) is 0 Å². The van der Waals surface area contributed by atoms with E-state index in [9.17, 15) is 0 Å². The molecule has 0 aliphatic heterocycles. The topological polar surface area (TPSA) is 80.9 Å². The number of benzene rings is 2. The first-order chi connectivity index (χ1) is 14.3. The molecule has 7 nitrogen and oxygen atoms in total. The summed E-state index contributed by atoms with van der Waals surface area (Å²) in [6, 6.07) is 20.0. The van der Waals surface area contributed by atoms with Gasteiger partial charge in [0.15, 0.2) is 5.16 Å². The lowest BCUT2D eigenvalue weighted by atomic mass is 10.1. The molecular formula is C21H17N7S. The highest BCUT2D eigenvalue weighted by Gasteiger charge is 2.14. The van der Waals surface area contributed by atoms with Gasteiger partial charge in [0.05, 0.1) is 11.2 Å². The molecule has 0 radical (unpaired) electrons. The normalized spacial score (nSPS) is 11.2. The SMILES string of the molecule is CCNc1nc(Sc2cc(-c3ccccc3)nc3ncnn23)nc2ccccc12. The zero-order chi connectivity index (χ0) is 19.6. The Balaban J connectivity index is 1.62. The Morgan fingerprint density at radius 2 is 1.79 bits per heavy atom. The third kappa shape index (κ3) is 3.38. The lowest BCUT2D eigenvalue weighted by molar-refractivity contribution is 0.839. The molecule has 5 rings (SSSR count). The first-order valence-electron chi connectivity index (χ1n) is 9.26. The van der Waals surface area contributed by atoms with Crippen molar-refractivity contribution in [3.63, 3.8) is 0 Å². The minimum Gasteiger partial charge on any atom is -0.370 e. The predicted octanol–water partition coefficient (Wildman–Crippen LogP) is 4.32. The fourth-order valence-corrected chi connectivity index (χ4v) is 3.97. The number of hydrogen-bond acceptors (Lipinski definition) is 7. The summed E-state index contributed by atoms with van der Waals surface area (Å²) in [5.41, 5.74) is 2.75. The van der Waals surface area contributed by atoms with Gasteiger partial charge in [-0.2, -0.15) is 14.6 Å². The van der Waals surface area contributed by atoms with E-state index in [0.29, 0.717) is 10.9 Å². The van der Waals surface area contributed by atoms with Crippen molar-refractivity contribution in [1.82, 2.24) is 29.5 Å². The average molecular weight is 399 g/mol. The van der Waals surface area contributed by atoms with Crippen molar-refractivity contribution < 1.29 is 0 Å². The van der Waals surface area contributed by atoms with E-state index in [1.54, 1.807) is 4.52 Å². The highest BCUT2D eigenvalue weighted by molar-refractivity contribution is 7.99. The minimum atomic E-state index is 0.543. The molecule has 0 unspecified atom stereocenters. The second kappa shape index (κ2) is 7.48. The van der Waals surface area contributed by atoms with E-state index in [1.807, 2.05) is 60.7 Å². The van der Waals surface area contributed by atoms with Crippen molar-refractivity contribution in [1.29, 1.82) is 0 Å². The maximum atomic E-state index is 4.74. The van der Waals surface area contributed by atoms with Crippen LogP contribution in [-0.4, -0.2) is 36.1 Å². The molecule has 0 saturated carbocycles. The summed E-state index contributed by atoms with van der Waals surface area (Å²) in [7, 11) is 0. The largest absolute Gasteiger partial charge is 0.370 e. The molecule has 3 heterocycles. The summed E-state index contributed by atoms with van der Waals surface area (Å²) in [6.45, 7) is 2.84. The van der Waals surface area contributed by atoms with Crippen LogP contribution < -0.4 is 5.32 Å². The van der Waals surface area contributed by atoms with Gasteiger partial charge < -0.3 is 5.32 Å². The molecule has 142 valence electrons. The van der Waals surface area contributed by atoms with Crippen LogP contribution in [0.3, 0.4) is 0 Å². The summed E-state index contributed by atoms with van der Waals surface area (Å²) in [4.78, 5) is 18.4. The molecular weight excluding hydrogens is 382 g/mol. The maximum Gasteiger partial charge on any atom is 0.253 e. The average Bonchev–Trinajstić information content (AvgIpc) is 3.24. The number of nitrogens with one attached hydrogen (secondary N) is 1. The van der Waals surface area contributed by atoms with Crippen LogP contribution >= 0.6 is 11.8 Å². The van der Waals surface area contributed by atoms with Crippen LogP contribution in [-0.2, 0) is 0 Å². The molecule has 5 aromatic rings. The Labute approximate surface area is 171 Å². The highest BCUT2D eigenvalue weighted by atomic mass is 32.2. The van der Waals surface area contributed by atoms with Crippen molar-refractivity contribution in [2.45, 2.75) is 17.1 Å². The van der Waals surface area contributed by atoms with E-state index in [2.05, 4.69) is 27.3 Å². The van der Waals surface area contributed by atoms with Gasteiger partial charge >= 0.3 is 0 Å². The van der Waals surface area contributed by atoms with Crippen molar-refractivity contribution >= 4 is 34.3 Å². The first kappa shape index (κ1) is 17.6. The maximum absolute atomic E-state index is 4.74. The molecule has 1 N–H and O–H groups in total. The van der Waals surface area contributed by atoms with Crippen LogP contribution in [0.5, 0.6) is 0 Å². The summed E-state index contributed by atoms with van der Waals surface area (Å²) in [6.07, 6.45) is 1.51. The van der Waals surface area contributed by atoms with E-state index < -0.39 is 0 Å². The van der Waals surface area contributed by atoms with Crippen LogP contribution in [0.1, 0.15) is 6.92 Å². The number of rotatable bonds is 5. The molecule has 0 aliphatic rings. The Kier molecular flexibility index (Phi) is 4.53. The van der Waals surface area contributed by atoms with Crippen LogP contribution in [0, 0.1) is 0 Å². The van der Waals surface area contributed by atoms with Gasteiger partial charge in [-0.1, -0.05) is 42.5 Å². The summed E-state index contributed by atoms with van der Waals surface area (Å²) in [5.74, 6) is 1.37. The Hall–Kier alpha value is -3.52. The number of nitrogens with zero attached hydrogens (tertiary/aromatic N) is 6. The molecule has 0 amide bonds. The van der Waals surface area contributed by atoms with Crippen molar-refractivity contribution in [2.75, 3.05) is 11.9 Å². The van der Waals surface area contributed by atoms with Gasteiger partial charge in [-0.05, 0) is 36.9 Å². The van der Waals surface area contributed by atoms with Crippen molar-refractivity contribution in [3.8, 4) is 11.3 Å². The Morgan fingerprint density at radius 1 is 0.966 bits per heavy atom. The molecule has 8 heteroatoms. The number of para-hydroxylation sites is 1. The first-order valence-corrected chi connectivity index (χ1v) is 10.1. The predicted molar refractivity (Wildman–Crippen MR) is 114 cm³/mol. The van der Waals surface area contributed by atoms with Gasteiger partial charge in [0.1, 0.15) is 17.2 Å². The molecule has 2 aromatic carbocycles. The monoisotopic (exact) mass is 399 g/mol. The summed E-state index contributed by atoms with van der Waals surface area (Å²) >= 11 is 1.44. The molecule has 0 saturated heterocycles. The molecule has 0 atom stereocenters. The van der Waals surface area contributed by atoms with Gasteiger partial charge in [-0.15, -0.1) is 0 Å². The van der Waals surface area contributed by atoms with Gasteiger partial charge in [0.25, 0.3) is 5.78 Å². The van der Waals surface area contributed by atoms with Crippen LogP contribution in [0.15, 0.2) is 77.2 Å². The fourth-order valence-electron chi connectivity index (χ4n) is 3.11. The number of fused-ring (bicyclic) bond motifs is 2. The molecule has 29 heavy (non-hydrogen) atoms. The van der Waals surface area contributed by atoms with E-state index in [1.165, 1.54) is 18.1 Å². The number of aromatic nitrogens is 6. The minimum absolute atomic E-state index is 0.543. The van der Waals surface area contributed by atoms with Crippen LogP contribution in [0.25, 0.3) is 27.9 Å². The summed E-state index contributed by atoms with van der Waals surface area (Å²) < 4.78 is 1.71. The third-order valence-corrected chi connectivity index (χ3v) is 5.28. The van der Waals surface area contributed by atoms with Crippen molar-refractivity contribution in [3.05, 3.63) is 67.0 Å². The van der Waals surface area contributed by atoms with Gasteiger partial charge in [-0.25, -0.2) is 15.0 Å². The zero-order valence-corrected chi connectivity index (χ0v) is 16.5. The number of anilines is 1. The van der Waals surface area contributed by atoms with E-state index in [4.69, 9.17) is 9.97 Å². The highest BCUT2D eigenvalue weighted by Crippen LogP contribution is 2.31. The lowest BCUT2D eigenvalue weighted by Crippen LogP contribution is -2.03. The quantitative estimate of drug-likeness (QED) is 0.348. The van der Waals surface area contributed by atoms with E-state index >= 15 is 0 Å².